The van der Waals surface area contributed by atoms with Crippen LogP contribution in [0.5, 0.6) is 0 Å². The van der Waals surface area contributed by atoms with Gasteiger partial charge in [0.1, 0.15) is 9.74 Å². The van der Waals surface area contributed by atoms with Crippen molar-refractivity contribution in [3.8, 4) is 0 Å². The molecule has 0 amide bonds. The average Bonchev–Trinajstić information content (AvgIpc) is 2.74. The third-order valence-corrected chi connectivity index (χ3v) is 7.81. The number of rotatable bonds is 8. The zero-order chi connectivity index (χ0) is 21.5. The van der Waals surface area contributed by atoms with Gasteiger partial charge in [-0.15, -0.1) is 0 Å². The predicted octanol–water partition coefficient (Wildman–Crippen LogP) is 8.91. The number of azo groups is 2. The van der Waals surface area contributed by atoms with E-state index in [0.29, 0.717) is 12.1 Å². The van der Waals surface area contributed by atoms with Crippen LogP contribution in [0.1, 0.15) is 91.9 Å². The lowest BCUT2D eigenvalue weighted by molar-refractivity contribution is 0.421. The highest BCUT2D eigenvalue weighted by atomic mass is 32.2. The summed E-state index contributed by atoms with van der Waals surface area (Å²) in [6.07, 6.45) is 12.7. The molecule has 0 bridgehead atoms. The van der Waals surface area contributed by atoms with Crippen molar-refractivity contribution in [3.63, 3.8) is 0 Å². The van der Waals surface area contributed by atoms with E-state index in [1.807, 2.05) is 0 Å². The SMILES string of the molecule is CC(C)(N=NC1CCCCC1)Sc1ccc(SC(C)(C)N=NC2CCCCC2)cc1. The molecular formula is C24H38N4S2. The molecule has 0 atom stereocenters. The third kappa shape index (κ3) is 8.33. The van der Waals surface area contributed by atoms with Gasteiger partial charge in [-0.25, -0.2) is 0 Å². The summed E-state index contributed by atoms with van der Waals surface area (Å²) in [5.41, 5.74) is 0. The Labute approximate surface area is 191 Å². The third-order valence-electron chi connectivity index (χ3n) is 5.63. The van der Waals surface area contributed by atoms with Crippen molar-refractivity contribution in [2.75, 3.05) is 0 Å². The largest absolute Gasteiger partial charge is 0.189 e. The first kappa shape index (κ1) is 23.8. The van der Waals surface area contributed by atoms with Crippen LogP contribution in [-0.2, 0) is 0 Å². The first-order valence-corrected chi connectivity index (χ1v) is 13.3. The summed E-state index contributed by atoms with van der Waals surface area (Å²) in [4.78, 5) is 1.99. The van der Waals surface area contributed by atoms with Gasteiger partial charge in [0.15, 0.2) is 0 Å². The topological polar surface area (TPSA) is 49.4 Å². The maximum atomic E-state index is 4.68. The monoisotopic (exact) mass is 446 g/mol. The fourth-order valence-corrected chi connectivity index (χ4v) is 5.90. The van der Waals surface area contributed by atoms with Crippen LogP contribution in [0.4, 0.5) is 0 Å². The molecule has 166 valence electrons. The highest BCUT2D eigenvalue weighted by Crippen LogP contribution is 2.38. The second-order valence-corrected chi connectivity index (χ2v) is 12.9. The van der Waals surface area contributed by atoms with Gasteiger partial charge in [0.05, 0.1) is 12.1 Å². The summed E-state index contributed by atoms with van der Waals surface area (Å²) >= 11 is 3.56. The van der Waals surface area contributed by atoms with Gasteiger partial charge in [-0.05, 0) is 77.6 Å². The standard InChI is InChI=1S/C24H38N4S2/c1-23(2,27-25-19-11-7-5-8-12-19)29-21-15-17-22(18-16-21)30-24(3,4)28-26-20-13-9-6-10-14-20/h15-20H,5-14H2,1-4H3. The van der Waals surface area contributed by atoms with Crippen LogP contribution in [0.3, 0.4) is 0 Å². The first-order chi connectivity index (χ1) is 14.3. The van der Waals surface area contributed by atoms with E-state index in [1.165, 1.54) is 74.0 Å². The summed E-state index contributed by atoms with van der Waals surface area (Å²) in [7, 11) is 0. The molecule has 0 aliphatic heterocycles. The molecule has 0 heterocycles. The summed E-state index contributed by atoms with van der Waals surface area (Å²) in [6.45, 7) is 8.62. The smallest absolute Gasteiger partial charge is 0.125 e. The molecule has 0 unspecified atom stereocenters. The number of nitrogens with zero attached hydrogens (tertiary/aromatic N) is 4. The Hall–Kier alpha value is -0.880. The molecule has 2 saturated carbocycles. The van der Waals surface area contributed by atoms with E-state index in [9.17, 15) is 0 Å². The molecule has 3 rings (SSSR count). The molecule has 0 radical (unpaired) electrons. The van der Waals surface area contributed by atoms with E-state index in [0.717, 1.165) is 0 Å². The zero-order valence-corrected chi connectivity index (χ0v) is 20.8. The molecule has 2 aliphatic rings. The summed E-state index contributed by atoms with van der Waals surface area (Å²) in [5.74, 6) is 0. The van der Waals surface area contributed by atoms with Crippen LogP contribution in [0.25, 0.3) is 0 Å². The van der Waals surface area contributed by atoms with Gasteiger partial charge in [-0.2, -0.15) is 20.5 Å². The van der Waals surface area contributed by atoms with Gasteiger partial charge in [0, 0.05) is 9.79 Å². The molecule has 0 saturated heterocycles. The highest BCUT2D eigenvalue weighted by Gasteiger charge is 2.22. The summed E-state index contributed by atoms with van der Waals surface area (Å²) in [5, 5.41) is 18.7. The van der Waals surface area contributed by atoms with E-state index in [-0.39, 0.29) is 9.74 Å². The molecule has 2 aliphatic carbocycles. The minimum absolute atomic E-state index is 0.237. The minimum atomic E-state index is -0.237. The highest BCUT2D eigenvalue weighted by molar-refractivity contribution is 8.01. The Bertz CT molecular complexity index is 639. The van der Waals surface area contributed by atoms with Crippen molar-refractivity contribution in [2.24, 2.45) is 20.5 Å². The number of benzene rings is 1. The maximum Gasteiger partial charge on any atom is 0.125 e. The molecule has 0 aromatic heterocycles. The van der Waals surface area contributed by atoms with Crippen molar-refractivity contribution in [1.29, 1.82) is 0 Å². The van der Waals surface area contributed by atoms with Gasteiger partial charge < -0.3 is 0 Å². The van der Waals surface area contributed by atoms with E-state index in [1.54, 1.807) is 23.5 Å². The van der Waals surface area contributed by atoms with Crippen molar-refractivity contribution in [1.82, 2.24) is 0 Å². The lowest BCUT2D eigenvalue weighted by Gasteiger charge is -2.22. The van der Waals surface area contributed by atoms with Gasteiger partial charge >= 0.3 is 0 Å². The fourth-order valence-electron chi connectivity index (χ4n) is 4.03. The molecule has 1 aromatic rings. The molecule has 0 N–H and O–H groups in total. The number of hydrogen-bond donors (Lipinski definition) is 0. The van der Waals surface area contributed by atoms with E-state index in [4.69, 9.17) is 0 Å². The fraction of sp³-hybridized carbons (Fsp3) is 0.750. The van der Waals surface area contributed by atoms with Gasteiger partial charge in [0.25, 0.3) is 0 Å². The summed E-state index contributed by atoms with van der Waals surface area (Å²) < 4.78 is 0. The van der Waals surface area contributed by atoms with Crippen LogP contribution >= 0.6 is 23.5 Å². The van der Waals surface area contributed by atoms with Crippen molar-refractivity contribution in [2.45, 2.75) is 124 Å². The first-order valence-electron chi connectivity index (χ1n) is 11.6. The molecule has 1 aromatic carbocycles. The normalized spacial score (nSPS) is 20.4. The van der Waals surface area contributed by atoms with E-state index < -0.39 is 0 Å². The van der Waals surface area contributed by atoms with E-state index in [2.05, 4.69) is 72.4 Å². The Morgan fingerprint density at radius 1 is 0.600 bits per heavy atom. The van der Waals surface area contributed by atoms with Crippen LogP contribution in [0.2, 0.25) is 0 Å². The second-order valence-electron chi connectivity index (χ2n) is 9.58. The molecule has 2 fully saturated rings. The predicted molar refractivity (Wildman–Crippen MR) is 130 cm³/mol. The average molecular weight is 447 g/mol. The van der Waals surface area contributed by atoms with Gasteiger partial charge in [0.2, 0.25) is 0 Å². The summed E-state index contributed by atoms with van der Waals surface area (Å²) in [6, 6.07) is 9.64. The number of thioether (sulfide) groups is 2. The molecule has 30 heavy (non-hydrogen) atoms. The van der Waals surface area contributed by atoms with Crippen molar-refractivity contribution >= 4 is 23.5 Å². The second kappa shape index (κ2) is 11.1. The quantitative estimate of drug-likeness (QED) is 0.295. The zero-order valence-electron chi connectivity index (χ0n) is 19.1. The van der Waals surface area contributed by atoms with Crippen LogP contribution in [0, 0.1) is 0 Å². The molecule has 0 spiro atoms. The van der Waals surface area contributed by atoms with Crippen LogP contribution in [0.15, 0.2) is 54.5 Å². The van der Waals surface area contributed by atoms with Gasteiger partial charge in [-0.3, -0.25) is 0 Å². The van der Waals surface area contributed by atoms with Gasteiger partial charge in [-0.1, -0.05) is 62.0 Å². The van der Waals surface area contributed by atoms with Crippen molar-refractivity contribution in [3.05, 3.63) is 24.3 Å². The minimum Gasteiger partial charge on any atom is -0.189 e. The molecular weight excluding hydrogens is 408 g/mol. The maximum absolute atomic E-state index is 4.68. The Kier molecular flexibility index (Phi) is 8.82. The lowest BCUT2D eigenvalue weighted by atomic mass is 9.96. The molecule has 4 nitrogen and oxygen atoms in total. The van der Waals surface area contributed by atoms with E-state index >= 15 is 0 Å². The Morgan fingerprint density at radius 3 is 1.27 bits per heavy atom. The number of hydrogen-bond acceptors (Lipinski definition) is 6. The lowest BCUT2D eigenvalue weighted by Crippen LogP contribution is -2.14. The van der Waals surface area contributed by atoms with Crippen LogP contribution < -0.4 is 0 Å². The molecule has 6 heteroatoms. The van der Waals surface area contributed by atoms with Crippen molar-refractivity contribution < 1.29 is 0 Å². The Morgan fingerprint density at radius 2 is 0.933 bits per heavy atom. The Balaban J connectivity index is 1.52. The van der Waals surface area contributed by atoms with Crippen LogP contribution in [-0.4, -0.2) is 21.8 Å².